The van der Waals surface area contributed by atoms with Gasteiger partial charge in [0.05, 0.1) is 18.4 Å². The molecule has 0 bridgehead atoms. The third-order valence-corrected chi connectivity index (χ3v) is 3.89. The van der Waals surface area contributed by atoms with Crippen LogP contribution in [0.4, 0.5) is 5.69 Å². The molecular weight excluding hydrogens is 330 g/mol. The largest absolute Gasteiger partial charge is 0.497 e. The van der Waals surface area contributed by atoms with E-state index in [1.165, 1.54) is 11.8 Å². The molecule has 2 aromatic carbocycles. The van der Waals surface area contributed by atoms with Crippen LogP contribution < -0.4 is 15.0 Å². The maximum Gasteiger partial charge on any atom is 0.240 e. The van der Waals surface area contributed by atoms with E-state index in [4.69, 9.17) is 4.74 Å². The molecule has 2 aromatic rings. The van der Waals surface area contributed by atoms with E-state index in [1.807, 2.05) is 30.3 Å². The fourth-order valence-corrected chi connectivity index (χ4v) is 2.51. The molecule has 0 saturated carbocycles. The van der Waals surface area contributed by atoms with Crippen LogP contribution >= 0.6 is 0 Å². The third-order valence-electron chi connectivity index (χ3n) is 3.89. The van der Waals surface area contributed by atoms with Crippen LogP contribution in [-0.2, 0) is 16.0 Å². The predicted octanol–water partition coefficient (Wildman–Crippen LogP) is 2.28. The number of ether oxygens (including phenoxy) is 1. The highest BCUT2D eigenvalue weighted by Gasteiger charge is 2.18. The van der Waals surface area contributed by atoms with Crippen molar-refractivity contribution >= 4 is 17.5 Å². The molecule has 0 unspecified atom stereocenters. The van der Waals surface area contributed by atoms with Gasteiger partial charge in [-0.3, -0.25) is 9.59 Å². The van der Waals surface area contributed by atoms with Crippen LogP contribution in [0.25, 0.3) is 0 Å². The first-order valence-corrected chi connectivity index (χ1v) is 8.22. The lowest BCUT2D eigenvalue weighted by molar-refractivity contribution is -0.123. The van der Waals surface area contributed by atoms with Crippen molar-refractivity contribution in [3.63, 3.8) is 0 Å². The van der Waals surface area contributed by atoms with Gasteiger partial charge in [-0.05, 0) is 36.2 Å². The Morgan fingerprint density at radius 2 is 1.85 bits per heavy atom. The molecule has 0 atom stereocenters. The molecule has 134 valence electrons. The second-order valence-electron chi connectivity index (χ2n) is 5.68. The van der Waals surface area contributed by atoms with Gasteiger partial charge in [0, 0.05) is 13.5 Å². The second-order valence-corrected chi connectivity index (χ2v) is 5.68. The third kappa shape index (κ3) is 5.08. The maximum absolute atomic E-state index is 12.2. The van der Waals surface area contributed by atoms with Crippen LogP contribution in [0.3, 0.4) is 0 Å². The smallest absolute Gasteiger partial charge is 0.240 e. The normalized spacial score (nSPS) is 9.88. The molecule has 26 heavy (non-hydrogen) atoms. The first kappa shape index (κ1) is 19.0. The van der Waals surface area contributed by atoms with E-state index in [0.29, 0.717) is 24.2 Å². The standard InChI is InChI=1S/C20H21N3O3/c1-15(24)23(19-6-4-3-5-17(19)13-21)14-20(25)22-12-11-16-7-9-18(26-2)10-8-16/h3-10H,11-12,14H2,1-2H3,(H,22,25). The number of nitrogens with one attached hydrogen (secondary N) is 1. The number of nitrogens with zero attached hydrogens (tertiary/aromatic N) is 2. The number of carbonyl (C=O) groups is 2. The van der Waals surface area contributed by atoms with Crippen molar-refractivity contribution in [2.24, 2.45) is 0 Å². The van der Waals surface area contributed by atoms with Crippen molar-refractivity contribution in [3.05, 3.63) is 59.7 Å². The Balaban J connectivity index is 1.93. The average Bonchev–Trinajstić information content (AvgIpc) is 2.66. The van der Waals surface area contributed by atoms with Crippen molar-refractivity contribution in [1.29, 1.82) is 5.26 Å². The van der Waals surface area contributed by atoms with Crippen LogP contribution in [-0.4, -0.2) is 32.0 Å². The van der Waals surface area contributed by atoms with Gasteiger partial charge >= 0.3 is 0 Å². The number of para-hydroxylation sites is 1. The second kappa shape index (κ2) is 9.23. The quantitative estimate of drug-likeness (QED) is 0.830. The number of rotatable bonds is 7. The molecule has 6 heteroatoms. The highest BCUT2D eigenvalue weighted by atomic mass is 16.5. The molecule has 0 spiro atoms. The van der Waals surface area contributed by atoms with Gasteiger partial charge in [-0.25, -0.2) is 0 Å². The fraction of sp³-hybridized carbons (Fsp3) is 0.250. The monoisotopic (exact) mass is 351 g/mol. The van der Waals surface area contributed by atoms with E-state index >= 15 is 0 Å². The lowest BCUT2D eigenvalue weighted by atomic mass is 10.1. The maximum atomic E-state index is 12.2. The summed E-state index contributed by atoms with van der Waals surface area (Å²) in [6, 6.07) is 16.4. The Bertz CT molecular complexity index is 810. The zero-order chi connectivity index (χ0) is 18.9. The Morgan fingerprint density at radius 1 is 1.15 bits per heavy atom. The summed E-state index contributed by atoms with van der Waals surface area (Å²) in [6.45, 7) is 1.70. The number of hydrogen-bond donors (Lipinski definition) is 1. The Labute approximate surface area is 153 Å². The molecule has 6 nitrogen and oxygen atoms in total. The summed E-state index contributed by atoms with van der Waals surface area (Å²) in [7, 11) is 1.61. The number of hydrogen-bond acceptors (Lipinski definition) is 4. The topological polar surface area (TPSA) is 82.4 Å². The molecule has 1 N–H and O–H groups in total. The molecule has 2 amide bonds. The van der Waals surface area contributed by atoms with Gasteiger partial charge in [0.2, 0.25) is 11.8 Å². The minimum absolute atomic E-state index is 0.128. The minimum Gasteiger partial charge on any atom is -0.497 e. The van der Waals surface area contributed by atoms with Gasteiger partial charge in [0.25, 0.3) is 0 Å². The van der Waals surface area contributed by atoms with Gasteiger partial charge in [0.1, 0.15) is 18.4 Å². The zero-order valence-corrected chi connectivity index (χ0v) is 14.9. The Morgan fingerprint density at radius 3 is 2.46 bits per heavy atom. The van der Waals surface area contributed by atoms with Crippen molar-refractivity contribution in [1.82, 2.24) is 5.32 Å². The van der Waals surface area contributed by atoms with E-state index in [-0.39, 0.29) is 18.4 Å². The molecule has 0 aliphatic rings. The SMILES string of the molecule is COc1ccc(CCNC(=O)CN(C(C)=O)c2ccccc2C#N)cc1. The van der Waals surface area contributed by atoms with Crippen molar-refractivity contribution in [2.45, 2.75) is 13.3 Å². The molecule has 0 aliphatic carbocycles. The summed E-state index contributed by atoms with van der Waals surface area (Å²) in [6.07, 6.45) is 0.671. The molecular formula is C20H21N3O3. The molecule has 2 rings (SSSR count). The summed E-state index contributed by atoms with van der Waals surface area (Å²) in [5, 5.41) is 12.0. The fourth-order valence-electron chi connectivity index (χ4n) is 2.51. The summed E-state index contributed by atoms with van der Waals surface area (Å²) >= 11 is 0. The van der Waals surface area contributed by atoms with E-state index < -0.39 is 0 Å². The number of amides is 2. The molecule has 0 fully saturated rings. The van der Waals surface area contributed by atoms with Crippen molar-refractivity contribution in [2.75, 3.05) is 25.1 Å². The summed E-state index contributed by atoms with van der Waals surface area (Å²) in [5.41, 5.74) is 1.87. The number of nitriles is 1. The Hall–Kier alpha value is -3.33. The van der Waals surface area contributed by atoms with E-state index in [1.54, 1.807) is 31.4 Å². The molecule has 0 aliphatic heterocycles. The zero-order valence-electron chi connectivity index (χ0n) is 14.9. The van der Waals surface area contributed by atoms with Crippen LogP contribution in [0.1, 0.15) is 18.1 Å². The summed E-state index contributed by atoms with van der Waals surface area (Å²) in [4.78, 5) is 25.4. The average molecular weight is 351 g/mol. The van der Waals surface area contributed by atoms with Gasteiger partial charge in [-0.1, -0.05) is 24.3 Å². The number of benzene rings is 2. The first-order valence-electron chi connectivity index (χ1n) is 8.22. The van der Waals surface area contributed by atoms with Gasteiger partial charge in [-0.15, -0.1) is 0 Å². The predicted molar refractivity (Wildman–Crippen MR) is 98.9 cm³/mol. The number of methoxy groups -OCH3 is 1. The van der Waals surface area contributed by atoms with Gasteiger partial charge < -0.3 is 15.0 Å². The lowest BCUT2D eigenvalue weighted by Crippen LogP contribution is -2.40. The van der Waals surface area contributed by atoms with E-state index in [9.17, 15) is 14.9 Å². The van der Waals surface area contributed by atoms with E-state index in [2.05, 4.69) is 5.32 Å². The minimum atomic E-state index is -0.294. The van der Waals surface area contributed by atoms with Crippen LogP contribution in [0.2, 0.25) is 0 Å². The van der Waals surface area contributed by atoms with Crippen LogP contribution in [0.15, 0.2) is 48.5 Å². The number of carbonyl (C=O) groups excluding carboxylic acids is 2. The van der Waals surface area contributed by atoms with Crippen molar-refractivity contribution < 1.29 is 14.3 Å². The molecule has 0 radical (unpaired) electrons. The van der Waals surface area contributed by atoms with Gasteiger partial charge in [-0.2, -0.15) is 5.26 Å². The van der Waals surface area contributed by atoms with E-state index in [0.717, 1.165) is 11.3 Å². The highest BCUT2D eigenvalue weighted by Crippen LogP contribution is 2.19. The molecule has 0 heterocycles. The summed E-state index contributed by atoms with van der Waals surface area (Å²) < 4.78 is 5.11. The Kier molecular flexibility index (Phi) is 6.75. The summed E-state index contributed by atoms with van der Waals surface area (Å²) in [5.74, 6) is 0.213. The molecule has 0 aromatic heterocycles. The highest BCUT2D eigenvalue weighted by molar-refractivity contribution is 5.98. The van der Waals surface area contributed by atoms with Crippen LogP contribution in [0.5, 0.6) is 5.75 Å². The van der Waals surface area contributed by atoms with Crippen LogP contribution in [0, 0.1) is 11.3 Å². The van der Waals surface area contributed by atoms with Crippen molar-refractivity contribution in [3.8, 4) is 11.8 Å². The number of anilines is 1. The first-order chi connectivity index (χ1) is 12.5. The lowest BCUT2D eigenvalue weighted by Gasteiger charge is -2.21. The molecule has 0 saturated heterocycles. The van der Waals surface area contributed by atoms with Gasteiger partial charge in [0.15, 0.2) is 0 Å².